The molecule has 0 aromatic carbocycles. The van der Waals surface area contributed by atoms with E-state index >= 15 is 0 Å². The zero-order valence-corrected chi connectivity index (χ0v) is 11.4. The molecular weight excluding hydrogens is 215 g/mol. The highest BCUT2D eigenvalue weighted by Gasteiger charge is 2.40. The molecule has 0 spiro atoms. The summed E-state index contributed by atoms with van der Waals surface area (Å²) in [6.45, 7) is 5.80. The molecule has 1 aliphatic carbocycles. The van der Waals surface area contributed by atoms with Crippen LogP contribution in [0.25, 0.3) is 0 Å². The van der Waals surface area contributed by atoms with Crippen LogP contribution in [0, 0.1) is 11.3 Å². The number of carbonyl (C=O) groups is 1. The normalized spacial score (nSPS) is 22.9. The molecule has 0 aliphatic heterocycles. The summed E-state index contributed by atoms with van der Waals surface area (Å²) >= 11 is 0. The summed E-state index contributed by atoms with van der Waals surface area (Å²) in [7, 11) is 0. The quantitative estimate of drug-likeness (QED) is 0.583. The number of hydrogen-bond donors (Lipinski definition) is 0. The van der Waals surface area contributed by atoms with Gasteiger partial charge in [0.25, 0.3) is 0 Å². The lowest BCUT2D eigenvalue weighted by Gasteiger charge is -2.15. The maximum atomic E-state index is 13.6. The van der Waals surface area contributed by atoms with E-state index in [0.717, 1.165) is 12.8 Å². The highest BCUT2D eigenvalue weighted by atomic mass is 19.1. The Morgan fingerprint density at radius 1 is 1.18 bits per heavy atom. The van der Waals surface area contributed by atoms with E-state index in [1.54, 1.807) is 13.8 Å². The number of ketones is 1. The largest absolute Gasteiger partial charge is 0.298 e. The maximum Gasteiger partial charge on any atom is 0.152 e. The van der Waals surface area contributed by atoms with Gasteiger partial charge in [0.15, 0.2) is 5.78 Å². The van der Waals surface area contributed by atoms with Gasteiger partial charge in [-0.1, -0.05) is 45.4 Å². The van der Waals surface area contributed by atoms with E-state index in [0.29, 0.717) is 6.42 Å². The number of hydrogen-bond acceptors (Lipinski definition) is 1. The molecule has 0 fully saturated rings. The average Bonchev–Trinajstić information content (AvgIpc) is 2.44. The Labute approximate surface area is 104 Å². The number of halogens is 1. The van der Waals surface area contributed by atoms with Crippen molar-refractivity contribution >= 4 is 5.78 Å². The van der Waals surface area contributed by atoms with E-state index in [1.807, 2.05) is 0 Å². The molecule has 0 bridgehead atoms. The lowest BCUT2D eigenvalue weighted by Crippen LogP contribution is -2.23. The van der Waals surface area contributed by atoms with E-state index < -0.39 is 11.3 Å². The molecule has 0 saturated carbocycles. The van der Waals surface area contributed by atoms with Crippen molar-refractivity contribution in [3.63, 3.8) is 0 Å². The fourth-order valence-electron chi connectivity index (χ4n) is 2.49. The molecule has 0 aromatic heterocycles. The lowest BCUT2D eigenvalue weighted by atomic mass is 9.86. The minimum Gasteiger partial charge on any atom is -0.298 e. The number of allylic oxidation sites excluding steroid dienone is 2. The Balaban J connectivity index is 2.25. The molecule has 0 amide bonds. The van der Waals surface area contributed by atoms with Crippen LogP contribution >= 0.6 is 0 Å². The molecule has 0 heterocycles. The predicted octanol–water partition coefficient (Wildman–Crippen LogP) is 4.82. The van der Waals surface area contributed by atoms with Crippen LogP contribution in [-0.4, -0.2) is 5.78 Å². The number of rotatable bonds is 7. The smallest absolute Gasteiger partial charge is 0.152 e. The van der Waals surface area contributed by atoms with Gasteiger partial charge in [0.05, 0.1) is 5.92 Å². The summed E-state index contributed by atoms with van der Waals surface area (Å²) in [4.78, 5) is 11.9. The Hall–Kier alpha value is -0.660. The Kier molecular flexibility index (Phi) is 5.35. The van der Waals surface area contributed by atoms with Gasteiger partial charge in [-0.15, -0.1) is 0 Å². The van der Waals surface area contributed by atoms with E-state index in [4.69, 9.17) is 0 Å². The van der Waals surface area contributed by atoms with Crippen LogP contribution in [0.1, 0.15) is 65.7 Å². The third-order valence-corrected chi connectivity index (χ3v) is 3.63. The molecule has 0 aromatic rings. The Morgan fingerprint density at radius 3 is 2.29 bits per heavy atom. The standard InChI is InChI=1S/C15H25FO/c1-4-5-6-7-8-9-10-12-13(16)11-15(2,3)14(12)17/h11-12H,4-10H2,1-3H3. The van der Waals surface area contributed by atoms with Crippen LogP contribution in [0.4, 0.5) is 4.39 Å². The van der Waals surface area contributed by atoms with Gasteiger partial charge in [0.1, 0.15) is 5.83 Å². The molecule has 1 unspecified atom stereocenters. The van der Waals surface area contributed by atoms with Crippen molar-refractivity contribution in [2.24, 2.45) is 11.3 Å². The maximum absolute atomic E-state index is 13.6. The van der Waals surface area contributed by atoms with Gasteiger partial charge in [0.2, 0.25) is 0 Å². The van der Waals surface area contributed by atoms with Gasteiger partial charge >= 0.3 is 0 Å². The summed E-state index contributed by atoms with van der Waals surface area (Å²) in [6.07, 6.45) is 9.28. The fourth-order valence-corrected chi connectivity index (χ4v) is 2.49. The summed E-state index contributed by atoms with van der Waals surface area (Å²) in [6, 6.07) is 0. The van der Waals surface area contributed by atoms with Crippen molar-refractivity contribution in [1.29, 1.82) is 0 Å². The SMILES string of the molecule is CCCCCCCCC1C(=O)C(C)(C)C=C1F. The lowest BCUT2D eigenvalue weighted by molar-refractivity contribution is -0.127. The second kappa shape index (κ2) is 6.32. The molecule has 17 heavy (non-hydrogen) atoms. The van der Waals surface area contributed by atoms with Crippen LogP contribution in [0.15, 0.2) is 11.9 Å². The van der Waals surface area contributed by atoms with E-state index in [1.165, 1.54) is 31.8 Å². The molecule has 1 atom stereocenters. The molecule has 0 N–H and O–H groups in total. The van der Waals surface area contributed by atoms with Crippen molar-refractivity contribution < 1.29 is 9.18 Å². The number of unbranched alkanes of at least 4 members (excludes halogenated alkanes) is 5. The van der Waals surface area contributed by atoms with Gasteiger partial charge in [-0.3, -0.25) is 4.79 Å². The molecule has 1 nitrogen and oxygen atoms in total. The Bertz CT molecular complexity index is 291. The topological polar surface area (TPSA) is 17.1 Å². The van der Waals surface area contributed by atoms with Crippen LogP contribution in [0.2, 0.25) is 0 Å². The summed E-state index contributed by atoms with van der Waals surface area (Å²) in [5.74, 6) is -0.590. The minimum atomic E-state index is -0.586. The third-order valence-electron chi connectivity index (χ3n) is 3.63. The van der Waals surface area contributed by atoms with E-state index in [9.17, 15) is 9.18 Å². The number of Topliss-reactive ketones (excluding diaryl/α,β-unsaturated/α-hetero) is 1. The highest BCUT2D eigenvalue weighted by Crippen LogP contribution is 2.39. The Morgan fingerprint density at radius 2 is 1.76 bits per heavy atom. The summed E-state index contributed by atoms with van der Waals surface area (Å²) in [5.41, 5.74) is -0.586. The molecule has 1 rings (SSSR count). The molecule has 1 aliphatic rings. The first kappa shape index (κ1) is 14.4. The second-order valence-electron chi connectivity index (χ2n) is 5.72. The molecule has 0 saturated heterocycles. The van der Waals surface area contributed by atoms with E-state index in [-0.39, 0.29) is 11.6 Å². The monoisotopic (exact) mass is 240 g/mol. The average molecular weight is 240 g/mol. The second-order valence-corrected chi connectivity index (χ2v) is 5.72. The van der Waals surface area contributed by atoms with Crippen LogP contribution in [0.5, 0.6) is 0 Å². The van der Waals surface area contributed by atoms with Gasteiger partial charge in [-0.25, -0.2) is 4.39 Å². The van der Waals surface area contributed by atoms with Gasteiger partial charge in [0, 0.05) is 5.41 Å². The first-order valence-corrected chi connectivity index (χ1v) is 6.91. The summed E-state index contributed by atoms with van der Waals surface area (Å²) in [5, 5.41) is 0. The fraction of sp³-hybridized carbons (Fsp3) is 0.800. The first-order chi connectivity index (χ1) is 7.99. The third kappa shape index (κ3) is 3.93. The van der Waals surface area contributed by atoms with Crippen molar-refractivity contribution in [2.45, 2.75) is 65.7 Å². The van der Waals surface area contributed by atoms with Gasteiger partial charge < -0.3 is 0 Å². The van der Waals surface area contributed by atoms with Crippen LogP contribution in [-0.2, 0) is 4.79 Å². The van der Waals surface area contributed by atoms with Gasteiger partial charge in [-0.2, -0.15) is 0 Å². The zero-order valence-electron chi connectivity index (χ0n) is 11.4. The minimum absolute atomic E-state index is 0.0589. The van der Waals surface area contributed by atoms with Crippen molar-refractivity contribution in [1.82, 2.24) is 0 Å². The van der Waals surface area contributed by atoms with Crippen LogP contribution in [0.3, 0.4) is 0 Å². The predicted molar refractivity (Wildman–Crippen MR) is 69.5 cm³/mol. The highest BCUT2D eigenvalue weighted by molar-refractivity contribution is 5.93. The van der Waals surface area contributed by atoms with Crippen molar-refractivity contribution in [3.05, 3.63) is 11.9 Å². The molecular formula is C15H25FO. The zero-order chi connectivity index (χ0) is 12.9. The molecule has 98 valence electrons. The number of carbonyl (C=O) groups excluding carboxylic acids is 1. The molecule has 0 radical (unpaired) electrons. The first-order valence-electron chi connectivity index (χ1n) is 6.91. The van der Waals surface area contributed by atoms with Crippen molar-refractivity contribution in [3.8, 4) is 0 Å². The summed E-state index contributed by atoms with van der Waals surface area (Å²) < 4.78 is 13.6. The van der Waals surface area contributed by atoms with Gasteiger partial charge in [-0.05, 0) is 26.3 Å². The van der Waals surface area contributed by atoms with E-state index in [2.05, 4.69) is 6.92 Å². The van der Waals surface area contributed by atoms with Crippen molar-refractivity contribution in [2.75, 3.05) is 0 Å². The molecule has 2 heteroatoms. The van der Waals surface area contributed by atoms with Crippen LogP contribution < -0.4 is 0 Å².